The minimum absolute atomic E-state index is 0.229. The molecule has 0 N–H and O–H groups in total. The quantitative estimate of drug-likeness (QED) is 0.481. The molecule has 14 heavy (non-hydrogen) atoms. The van der Waals surface area contributed by atoms with E-state index < -0.39 is 0 Å². The van der Waals surface area contributed by atoms with Crippen molar-refractivity contribution in [3.05, 3.63) is 12.1 Å². The summed E-state index contributed by atoms with van der Waals surface area (Å²) >= 11 is 0. The van der Waals surface area contributed by atoms with E-state index in [-0.39, 0.29) is 5.97 Å². The zero-order valence-corrected chi connectivity index (χ0v) is 8.79. The molecular weight excluding hydrogens is 174 g/mol. The maximum Gasteiger partial charge on any atom is 0.347 e. The molecule has 0 saturated heterocycles. The van der Waals surface area contributed by atoms with Gasteiger partial charge in [0, 0.05) is 0 Å². The number of fused-ring (bicyclic) bond motifs is 2. The largest absolute Gasteiger partial charge is 0.537 e. The summed E-state index contributed by atoms with van der Waals surface area (Å²) in [6.07, 6.45) is 5.39. The van der Waals surface area contributed by atoms with E-state index in [1.165, 1.54) is 25.7 Å². The van der Waals surface area contributed by atoms with E-state index in [0.29, 0.717) is 18.8 Å². The van der Waals surface area contributed by atoms with Crippen molar-refractivity contribution in [2.75, 3.05) is 0 Å². The van der Waals surface area contributed by atoms with Crippen molar-refractivity contribution in [2.24, 2.45) is 11.8 Å². The average molecular weight is 190 g/mol. The zero-order valence-electron chi connectivity index (χ0n) is 8.79. The first-order valence-electron chi connectivity index (χ1n) is 5.49. The van der Waals surface area contributed by atoms with Gasteiger partial charge in [-0.1, -0.05) is 25.8 Å². The van der Waals surface area contributed by atoms with Crippen molar-refractivity contribution < 1.29 is 9.45 Å². The predicted octanol–water partition coefficient (Wildman–Crippen LogP) is 0.636. The molecule has 0 spiro atoms. The SMILES string of the molecule is BC(=C)C(=O)OBC1CC2CCC1C2. The third-order valence-corrected chi connectivity index (χ3v) is 3.66. The first-order chi connectivity index (χ1) is 6.66. The van der Waals surface area contributed by atoms with Crippen LogP contribution in [0.4, 0.5) is 0 Å². The fourth-order valence-corrected chi connectivity index (χ4v) is 2.89. The molecule has 0 heterocycles. The Hall–Kier alpha value is -0.660. The molecule has 2 aliphatic carbocycles. The Kier molecular flexibility index (Phi) is 2.71. The fourth-order valence-electron chi connectivity index (χ4n) is 2.89. The van der Waals surface area contributed by atoms with Gasteiger partial charge in [0.1, 0.15) is 7.85 Å². The van der Waals surface area contributed by atoms with Crippen LogP contribution < -0.4 is 0 Å². The lowest BCUT2D eigenvalue weighted by Crippen LogP contribution is -2.19. The van der Waals surface area contributed by atoms with E-state index in [0.717, 1.165) is 11.8 Å². The van der Waals surface area contributed by atoms with E-state index in [2.05, 4.69) is 6.58 Å². The van der Waals surface area contributed by atoms with Crippen LogP contribution in [0.15, 0.2) is 12.1 Å². The third-order valence-electron chi connectivity index (χ3n) is 3.66. The molecule has 0 aromatic rings. The molecule has 2 nitrogen and oxygen atoms in total. The molecule has 2 fully saturated rings. The van der Waals surface area contributed by atoms with Gasteiger partial charge in [0.05, 0.1) is 0 Å². The van der Waals surface area contributed by atoms with Crippen molar-refractivity contribution in [1.29, 1.82) is 0 Å². The summed E-state index contributed by atoms with van der Waals surface area (Å²) in [7, 11) is 2.32. The highest BCUT2D eigenvalue weighted by Gasteiger charge is 2.40. The van der Waals surface area contributed by atoms with Crippen LogP contribution >= 0.6 is 0 Å². The van der Waals surface area contributed by atoms with Crippen LogP contribution in [0.1, 0.15) is 25.7 Å². The van der Waals surface area contributed by atoms with Gasteiger partial charge in [-0.25, -0.2) is 4.79 Å². The second-order valence-electron chi connectivity index (χ2n) is 4.81. The van der Waals surface area contributed by atoms with Crippen LogP contribution in [0, 0.1) is 11.8 Å². The van der Waals surface area contributed by atoms with Gasteiger partial charge in [0.2, 0.25) is 0 Å². The Morgan fingerprint density at radius 2 is 2.21 bits per heavy atom. The maximum absolute atomic E-state index is 11.2. The molecule has 0 amide bonds. The normalized spacial score (nSPS) is 34.1. The van der Waals surface area contributed by atoms with E-state index >= 15 is 0 Å². The summed E-state index contributed by atoms with van der Waals surface area (Å²) in [5.74, 6) is 2.16. The van der Waals surface area contributed by atoms with Crippen molar-refractivity contribution in [3.8, 4) is 0 Å². The summed E-state index contributed by atoms with van der Waals surface area (Å²) < 4.78 is 5.20. The van der Waals surface area contributed by atoms with Gasteiger partial charge >= 0.3 is 13.5 Å². The van der Waals surface area contributed by atoms with Crippen LogP contribution in [0.3, 0.4) is 0 Å². The van der Waals surface area contributed by atoms with Crippen molar-refractivity contribution in [2.45, 2.75) is 31.5 Å². The monoisotopic (exact) mass is 190 g/mol. The standard InChI is InChI=1S/C10H16B2O2/c1-6(11)10(13)14-12-9-5-7-2-3-8(9)4-7/h7-9,12H,1-5,11H2. The summed E-state index contributed by atoms with van der Waals surface area (Å²) in [5.41, 5.74) is 0.508. The van der Waals surface area contributed by atoms with Crippen LogP contribution in [-0.2, 0) is 9.45 Å². The molecule has 3 atom stereocenters. The van der Waals surface area contributed by atoms with E-state index in [4.69, 9.17) is 4.65 Å². The lowest BCUT2D eigenvalue weighted by atomic mass is 9.69. The summed E-state index contributed by atoms with van der Waals surface area (Å²) in [5, 5.41) is 0. The fraction of sp³-hybridized carbons (Fsp3) is 0.700. The van der Waals surface area contributed by atoms with Crippen LogP contribution in [0.5, 0.6) is 0 Å². The molecule has 0 radical (unpaired) electrons. The highest BCUT2D eigenvalue weighted by Crippen LogP contribution is 2.51. The van der Waals surface area contributed by atoms with E-state index in [1.54, 1.807) is 7.85 Å². The van der Waals surface area contributed by atoms with Gasteiger partial charge in [-0.05, 0) is 29.5 Å². The number of carbonyl (C=O) groups is 1. The zero-order chi connectivity index (χ0) is 10.1. The summed E-state index contributed by atoms with van der Waals surface area (Å²) in [4.78, 5) is 11.2. The van der Waals surface area contributed by atoms with Gasteiger partial charge in [0.15, 0.2) is 0 Å². The van der Waals surface area contributed by atoms with Gasteiger partial charge in [-0.3, -0.25) is 0 Å². The first-order valence-corrected chi connectivity index (χ1v) is 5.49. The molecule has 2 saturated carbocycles. The second-order valence-corrected chi connectivity index (χ2v) is 4.81. The van der Waals surface area contributed by atoms with Crippen molar-refractivity contribution >= 4 is 21.3 Å². The number of rotatable bonds is 3. The molecule has 0 aliphatic heterocycles. The maximum atomic E-state index is 11.2. The van der Waals surface area contributed by atoms with Gasteiger partial charge in [0.25, 0.3) is 0 Å². The smallest absolute Gasteiger partial charge is 0.347 e. The highest BCUT2D eigenvalue weighted by atomic mass is 16.5. The third kappa shape index (κ3) is 1.89. The molecule has 3 unspecified atom stereocenters. The highest BCUT2D eigenvalue weighted by molar-refractivity contribution is 6.40. The minimum Gasteiger partial charge on any atom is -0.537 e. The molecule has 4 heteroatoms. The lowest BCUT2D eigenvalue weighted by molar-refractivity contribution is -0.129. The Morgan fingerprint density at radius 1 is 1.43 bits per heavy atom. The number of hydrogen-bond acceptors (Lipinski definition) is 2. The molecule has 2 rings (SSSR count). The summed E-state index contributed by atoms with van der Waals surface area (Å²) in [6, 6.07) is 0. The molecule has 74 valence electrons. The minimum atomic E-state index is -0.229. The Morgan fingerprint density at radius 3 is 2.71 bits per heavy atom. The van der Waals surface area contributed by atoms with Crippen molar-refractivity contribution in [1.82, 2.24) is 0 Å². The summed E-state index contributed by atoms with van der Waals surface area (Å²) in [6.45, 7) is 3.57. The Labute approximate surface area is 86.8 Å². The first kappa shape index (κ1) is 9.88. The lowest BCUT2D eigenvalue weighted by Gasteiger charge is -2.19. The molecule has 0 aromatic carbocycles. The van der Waals surface area contributed by atoms with Crippen molar-refractivity contribution in [3.63, 3.8) is 0 Å². The molecule has 0 aromatic heterocycles. The van der Waals surface area contributed by atoms with Gasteiger partial charge in [-0.2, -0.15) is 0 Å². The van der Waals surface area contributed by atoms with Gasteiger partial charge in [-0.15, -0.1) is 0 Å². The number of carbonyl (C=O) groups excluding carboxylic acids is 1. The molecule has 2 bridgehead atoms. The average Bonchev–Trinajstić information content (AvgIpc) is 2.74. The second kappa shape index (κ2) is 3.84. The Balaban J connectivity index is 1.77. The van der Waals surface area contributed by atoms with Crippen LogP contribution in [0.25, 0.3) is 0 Å². The number of hydrogen-bond donors (Lipinski definition) is 0. The van der Waals surface area contributed by atoms with Crippen LogP contribution in [-0.4, -0.2) is 21.3 Å². The predicted molar refractivity (Wildman–Crippen MR) is 60.1 cm³/mol. The van der Waals surface area contributed by atoms with E-state index in [1.807, 2.05) is 0 Å². The van der Waals surface area contributed by atoms with Gasteiger partial charge < -0.3 is 4.65 Å². The Bertz CT molecular complexity index is 265. The van der Waals surface area contributed by atoms with E-state index in [9.17, 15) is 4.79 Å². The van der Waals surface area contributed by atoms with Crippen LogP contribution in [0.2, 0.25) is 5.82 Å². The topological polar surface area (TPSA) is 26.3 Å². The molecule has 2 aliphatic rings. The molecular formula is C10H16B2O2.